The maximum atomic E-state index is 12.7. The molecule has 0 saturated heterocycles. The zero-order chi connectivity index (χ0) is 17.0. The molecule has 0 aromatic heterocycles. The lowest BCUT2D eigenvalue weighted by molar-refractivity contribution is -0.134. The van der Waals surface area contributed by atoms with Crippen LogP contribution in [0.4, 0.5) is 0 Å². The summed E-state index contributed by atoms with van der Waals surface area (Å²) in [5.41, 5.74) is 0. The summed E-state index contributed by atoms with van der Waals surface area (Å²) in [6.45, 7) is 4.32. The van der Waals surface area contributed by atoms with Crippen LogP contribution in [0.5, 0.6) is 0 Å². The van der Waals surface area contributed by atoms with Crippen LogP contribution in [-0.2, 0) is 4.79 Å². The Morgan fingerprint density at radius 1 is 1.17 bits per heavy atom. The van der Waals surface area contributed by atoms with E-state index >= 15 is 0 Å². The average Bonchev–Trinajstić information content (AvgIpc) is 2.56. The van der Waals surface area contributed by atoms with E-state index in [0.29, 0.717) is 31.1 Å². The summed E-state index contributed by atoms with van der Waals surface area (Å²) < 4.78 is 0. The van der Waals surface area contributed by atoms with E-state index in [1.54, 1.807) is 0 Å². The first kappa shape index (κ1) is 18.5. The second kappa shape index (κ2) is 8.34. The summed E-state index contributed by atoms with van der Waals surface area (Å²) >= 11 is 0. The lowest BCUT2D eigenvalue weighted by atomic mass is 9.62. The van der Waals surface area contributed by atoms with Crippen LogP contribution in [0.25, 0.3) is 0 Å². The molecule has 0 heterocycles. The number of carbonyl (C=O) groups excluding carboxylic acids is 1. The molecule has 2 fully saturated rings. The summed E-state index contributed by atoms with van der Waals surface area (Å²) in [4.78, 5) is 23.7. The SMILES string of the molecule is CCC[C@@H]1CC(=O)C(C2CC(CO)CC(N=O)C2O)C[C@@H]1CC. The highest BCUT2D eigenvalue weighted by Gasteiger charge is 2.46. The highest BCUT2D eigenvalue weighted by molar-refractivity contribution is 5.82. The molecule has 0 radical (unpaired) electrons. The number of aliphatic hydroxyl groups is 2. The zero-order valence-corrected chi connectivity index (χ0v) is 14.4. The Bertz CT molecular complexity index is 414. The van der Waals surface area contributed by atoms with E-state index in [1.807, 2.05) is 0 Å². The van der Waals surface area contributed by atoms with E-state index < -0.39 is 12.1 Å². The molecule has 2 aliphatic rings. The van der Waals surface area contributed by atoms with Crippen LogP contribution in [0.3, 0.4) is 0 Å². The Kier molecular flexibility index (Phi) is 6.72. The predicted molar refractivity (Wildman–Crippen MR) is 88.8 cm³/mol. The number of rotatable bonds is 6. The number of hydrogen-bond acceptors (Lipinski definition) is 5. The van der Waals surface area contributed by atoms with Crippen molar-refractivity contribution in [2.75, 3.05) is 6.61 Å². The van der Waals surface area contributed by atoms with Crippen molar-refractivity contribution in [2.45, 2.75) is 70.9 Å². The Balaban J connectivity index is 2.15. The van der Waals surface area contributed by atoms with Crippen molar-refractivity contribution >= 4 is 5.78 Å². The van der Waals surface area contributed by atoms with Gasteiger partial charge in [-0.15, -0.1) is 0 Å². The number of hydrogen-bond donors (Lipinski definition) is 2. The van der Waals surface area contributed by atoms with E-state index in [-0.39, 0.29) is 30.1 Å². The Morgan fingerprint density at radius 2 is 1.91 bits per heavy atom. The molecule has 0 aliphatic heterocycles. The van der Waals surface area contributed by atoms with Crippen molar-refractivity contribution in [1.82, 2.24) is 0 Å². The number of Topliss-reactive ketones (excluding diaryl/α,β-unsaturated/α-hetero) is 1. The number of ketones is 1. The third-order valence-electron chi connectivity index (χ3n) is 6.21. The minimum Gasteiger partial charge on any atom is -0.396 e. The van der Waals surface area contributed by atoms with E-state index in [2.05, 4.69) is 19.0 Å². The molecular formula is C18H31NO4. The smallest absolute Gasteiger partial charge is 0.136 e. The highest BCUT2D eigenvalue weighted by Crippen LogP contribution is 2.44. The first-order chi connectivity index (χ1) is 11.0. The van der Waals surface area contributed by atoms with Crippen molar-refractivity contribution in [3.8, 4) is 0 Å². The molecule has 0 bridgehead atoms. The van der Waals surface area contributed by atoms with Crippen LogP contribution in [0.1, 0.15) is 58.8 Å². The highest BCUT2D eigenvalue weighted by atomic mass is 16.3. The number of nitrogens with zero attached hydrogens (tertiary/aromatic N) is 1. The van der Waals surface area contributed by atoms with Gasteiger partial charge in [0.1, 0.15) is 11.8 Å². The van der Waals surface area contributed by atoms with Gasteiger partial charge in [-0.05, 0) is 42.9 Å². The topological polar surface area (TPSA) is 87.0 Å². The monoisotopic (exact) mass is 325 g/mol. The van der Waals surface area contributed by atoms with E-state index in [9.17, 15) is 19.9 Å². The fourth-order valence-corrected chi connectivity index (χ4v) is 4.89. The van der Waals surface area contributed by atoms with Crippen molar-refractivity contribution in [1.29, 1.82) is 0 Å². The number of nitroso groups, excluding NO2 is 1. The second-order valence-corrected chi connectivity index (χ2v) is 7.58. The number of aliphatic hydroxyl groups excluding tert-OH is 2. The molecule has 2 N–H and O–H groups in total. The second-order valence-electron chi connectivity index (χ2n) is 7.58. The van der Waals surface area contributed by atoms with Gasteiger partial charge in [0.05, 0.1) is 6.10 Å². The molecule has 0 aromatic rings. The third kappa shape index (κ3) is 4.00. The largest absolute Gasteiger partial charge is 0.396 e. The molecule has 2 saturated carbocycles. The molecule has 5 heteroatoms. The van der Waals surface area contributed by atoms with Crippen LogP contribution in [0.15, 0.2) is 5.18 Å². The van der Waals surface area contributed by atoms with Gasteiger partial charge in [0.15, 0.2) is 0 Å². The summed E-state index contributed by atoms with van der Waals surface area (Å²) in [6.07, 6.45) is 4.84. The van der Waals surface area contributed by atoms with Gasteiger partial charge in [-0.3, -0.25) is 4.79 Å². The van der Waals surface area contributed by atoms with Crippen LogP contribution in [0, 0.1) is 34.5 Å². The van der Waals surface area contributed by atoms with Gasteiger partial charge in [-0.2, -0.15) is 4.91 Å². The normalized spacial score (nSPS) is 41.7. The first-order valence-electron chi connectivity index (χ1n) is 9.19. The predicted octanol–water partition coefficient (Wildman–Crippen LogP) is 2.92. The maximum absolute atomic E-state index is 12.7. The molecule has 5 nitrogen and oxygen atoms in total. The maximum Gasteiger partial charge on any atom is 0.136 e. The Morgan fingerprint density at radius 3 is 2.48 bits per heavy atom. The lowest BCUT2D eigenvalue weighted by Gasteiger charge is -2.43. The fourth-order valence-electron chi connectivity index (χ4n) is 4.89. The Labute approximate surface area is 138 Å². The summed E-state index contributed by atoms with van der Waals surface area (Å²) in [7, 11) is 0. The van der Waals surface area contributed by atoms with Gasteiger partial charge in [-0.25, -0.2) is 0 Å². The van der Waals surface area contributed by atoms with Crippen molar-refractivity contribution in [2.24, 2.45) is 34.8 Å². The minimum absolute atomic E-state index is 0.00812. The molecule has 0 amide bonds. The van der Waals surface area contributed by atoms with E-state index in [1.165, 1.54) is 0 Å². The quantitative estimate of drug-likeness (QED) is 0.735. The van der Waals surface area contributed by atoms with Gasteiger partial charge >= 0.3 is 0 Å². The van der Waals surface area contributed by atoms with Gasteiger partial charge in [-0.1, -0.05) is 38.3 Å². The van der Waals surface area contributed by atoms with Crippen molar-refractivity contribution in [3.63, 3.8) is 0 Å². The van der Waals surface area contributed by atoms with Crippen LogP contribution in [0.2, 0.25) is 0 Å². The van der Waals surface area contributed by atoms with Gasteiger partial charge < -0.3 is 10.2 Å². The summed E-state index contributed by atoms with van der Waals surface area (Å²) in [6, 6.07) is -0.688. The van der Waals surface area contributed by atoms with E-state index in [4.69, 9.17) is 0 Å². The zero-order valence-electron chi connectivity index (χ0n) is 14.4. The summed E-state index contributed by atoms with van der Waals surface area (Å²) in [5, 5.41) is 23.0. The number of carbonyl (C=O) groups is 1. The standard InChI is InChI=1S/C18H31NO4/c1-3-5-13-9-17(21)14(8-12(13)4-2)15-6-11(10-20)7-16(19-23)18(15)22/h11-16,18,20,22H,3-10H2,1-2H3/t11?,12-,13+,14?,15?,16?,18?/m0/s1. The van der Waals surface area contributed by atoms with E-state index in [0.717, 1.165) is 25.7 Å². The third-order valence-corrected chi connectivity index (χ3v) is 6.21. The molecule has 5 unspecified atom stereocenters. The van der Waals surface area contributed by atoms with Gasteiger partial charge in [0.2, 0.25) is 0 Å². The lowest BCUT2D eigenvalue weighted by Crippen LogP contribution is -2.48. The summed E-state index contributed by atoms with van der Waals surface area (Å²) in [5.74, 6) is 0.771. The van der Waals surface area contributed by atoms with Crippen molar-refractivity contribution in [3.05, 3.63) is 4.91 Å². The molecular weight excluding hydrogens is 294 g/mol. The molecule has 2 rings (SSSR count). The van der Waals surface area contributed by atoms with Crippen LogP contribution in [-0.4, -0.2) is 34.7 Å². The molecule has 2 aliphatic carbocycles. The molecule has 0 aromatic carbocycles. The first-order valence-corrected chi connectivity index (χ1v) is 9.19. The van der Waals surface area contributed by atoms with Gasteiger partial charge in [0.25, 0.3) is 0 Å². The molecule has 0 spiro atoms. The average molecular weight is 325 g/mol. The molecule has 132 valence electrons. The Hall–Kier alpha value is -0.810. The fraction of sp³-hybridized carbons (Fsp3) is 0.944. The van der Waals surface area contributed by atoms with Crippen molar-refractivity contribution < 1.29 is 15.0 Å². The van der Waals surface area contributed by atoms with Gasteiger partial charge in [0, 0.05) is 18.9 Å². The minimum atomic E-state index is -0.843. The molecule has 23 heavy (non-hydrogen) atoms. The van der Waals surface area contributed by atoms with Crippen LogP contribution >= 0.6 is 0 Å². The molecule has 7 atom stereocenters. The van der Waals surface area contributed by atoms with Crippen LogP contribution < -0.4 is 0 Å².